The number of nitro benzene ring substituents is 1. The van der Waals surface area contributed by atoms with Gasteiger partial charge < -0.3 is 9.84 Å². The number of nitro groups is 1. The lowest BCUT2D eigenvalue weighted by Gasteiger charge is -2.10. The number of nitrogens with zero attached hydrogens (tertiary/aromatic N) is 1. The van der Waals surface area contributed by atoms with Crippen LogP contribution in [0.5, 0.6) is 11.5 Å². The molecule has 0 atom stereocenters. The van der Waals surface area contributed by atoms with E-state index in [2.05, 4.69) is 0 Å². The lowest BCUT2D eigenvalue weighted by molar-refractivity contribution is -0.385. The van der Waals surface area contributed by atoms with Crippen LogP contribution in [0.15, 0.2) is 30.3 Å². The van der Waals surface area contributed by atoms with Crippen LogP contribution in [0, 0.1) is 17.0 Å². The molecule has 1 N–H and O–H groups in total. The van der Waals surface area contributed by atoms with Crippen LogP contribution in [-0.4, -0.2) is 16.0 Å². The predicted octanol–water partition coefficient (Wildman–Crippen LogP) is 4.70. The second-order valence-electron chi connectivity index (χ2n) is 4.33. The Morgan fingerprint density at radius 3 is 2.55 bits per heavy atom. The van der Waals surface area contributed by atoms with Crippen molar-refractivity contribution in [2.45, 2.75) is 6.92 Å². The molecule has 0 spiro atoms. The first-order chi connectivity index (χ1) is 10.3. The van der Waals surface area contributed by atoms with Crippen LogP contribution in [0.25, 0.3) is 0 Å². The number of aromatic carboxylic acids is 1. The highest BCUT2D eigenvalue weighted by Gasteiger charge is 2.21. The summed E-state index contributed by atoms with van der Waals surface area (Å²) in [5.74, 6) is -1.03. The molecule has 8 heteroatoms. The van der Waals surface area contributed by atoms with Gasteiger partial charge in [0.05, 0.1) is 9.95 Å². The van der Waals surface area contributed by atoms with E-state index in [0.717, 1.165) is 12.1 Å². The molecular weight excluding hydrogens is 333 g/mol. The van der Waals surface area contributed by atoms with Crippen molar-refractivity contribution < 1.29 is 19.6 Å². The molecule has 2 aromatic carbocycles. The number of halogens is 2. The number of rotatable bonds is 4. The number of benzene rings is 2. The third kappa shape index (κ3) is 3.13. The molecule has 2 rings (SSSR count). The Morgan fingerprint density at radius 2 is 1.95 bits per heavy atom. The summed E-state index contributed by atoms with van der Waals surface area (Å²) < 4.78 is 5.49. The van der Waals surface area contributed by atoms with Crippen LogP contribution in [0.3, 0.4) is 0 Å². The smallest absolute Gasteiger partial charge is 0.342 e. The molecule has 0 aromatic heterocycles. The molecule has 0 aliphatic carbocycles. The first-order valence-electron chi connectivity index (χ1n) is 5.95. The van der Waals surface area contributed by atoms with Crippen LogP contribution in [0.1, 0.15) is 15.9 Å². The fourth-order valence-electron chi connectivity index (χ4n) is 1.75. The van der Waals surface area contributed by atoms with Crippen molar-refractivity contribution in [2.75, 3.05) is 0 Å². The Balaban J connectivity index is 2.43. The average Bonchev–Trinajstić information content (AvgIpc) is 2.47. The molecule has 22 heavy (non-hydrogen) atoms. The number of hydrogen-bond donors (Lipinski definition) is 1. The topological polar surface area (TPSA) is 89.7 Å². The molecule has 0 saturated carbocycles. The van der Waals surface area contributed by atoms with Gasteiger partial charge in [-0.2, -0.15) is 0 Å². The van der Waals surface area contributed by atoms with Crippen LogP contribution in [0.2, 0.25) is 10.0 Å². The zero-order valence-corrected chi connectivity index (χ0v) is 12.7. The molecule has 0 bridgehead atoms. The van der Waals surface area contributed by atoms with Crippen molar-refractivity contribution in [3.8, 4) is 11.5 Å². The summed E-state index contributed by atoms with van der Waals surface area (Å²) in [6, 6.07) is 6.54. The monoisotopic (exact) mass is 341 g/mol. The molecular formula is C14H9Cl2NO5. The Bertz CT molecular complexity index is 776. The molecule has 0 heterocycles. The number of carboxylic acid groups (broad SMARTS) is 1. The van der Waals surface area contributed by atoms with Gasteiger partial charge in [-0.3, -0.25) is 10.1 Å². The Hall–Kier alpha value is -2.31. The average molecular weight is 342 g/mol. The van der Waals surface area contributed by atoms with Crippen LogP contribution in [-0.2, 0) is 0 Å². The maximum absolute atomic E-state index is 11.1. The highest BCUT2D eigenvalue weighted by molar-refractivity contribution is 6.36. The van der Waals surface area contributed by atoms with E-state index in [1.807, 2.05) is 0 Å². The van der Waals surface area contributed by atoms with Crippen LogP contribution in [0.4, 0.5) is 5.69 Å². The minimum Gasteiger partial charge on any atom is -0.477 e. The van der Waals surface area contributed by atoms with E-state index >= 15 is 0 Å². The van der Waals surface area contributed by atoms with E-state index in [0.29, 0.717) is 10.6 Å². The molecule has 0 aliphatic rings. The van der Waals surface area contributed by atoms with E-state index in [1.165, 1.54) is 12.1 Å². The molecule has 0 saturated heterocycles. The van der Waals surface area contributed by atoms with Crippen LogP contribution < -0.4 is 4.74 Å². The van der Waals surface area contributed by atoms with Gasteiger partial charge in [-0.25, -0.2) is 4.79 Å². The van der Waals surface area contributed by atoms with Crippen molar-refractivity contribution in [3.63, 3.8) is 0 Å². The highest BCUT2D eigenvalue weighted by atomic mass is 35.5. The summed E-state index contributed by atoms with van der Waals surface area (Å²) in [5, 5.41) is 20.6. The second kappa shape index (κ2) is 6.21. The maximum atomic E-state index is 11.1. The summed E-state index contributed by atoms with van der Waals surface area (Å²) in [5.41, 5.74) is -0.372. The predicted molar refractivity (Wildman–Crippen MR) is 81.3 cm³/mol. The quantitative estimate of drug-likeness (QED) is 0.642. The summed E-state index contributed by atoms with van der Waals surface area (Å²) >= 11 is 12.0. The fourth-order valence-corrected chi connectivity index (χ4v) is 2.16. The van der Waals surface area contributed by atoms with Crippen molar-refractivity contribution in [3.05, 3.63) is 61.6 Å². The summed E-state index contributed by atoms with van der Waals surface area (Å²) in [4.78, 5) is 21.1. The highest BCUT2D eigenvalue weighted by Crippen LogP contribution is 2.36. The van der Waals surface area contributed by atoms with Gasteiger partial charge in [0.1, 0.15) is 17.1 Å². The van der Waals surface area contributed by atoms with E-state index in [4.69, 9.17) is 33.0 Å². The van der Waals surface area contributed by atoms with E-state index < -0.39 is 22.1 Å². The van der Waals surface area contributed by atoms with Gasteiger partial charge >= 0.3 is 5.97 Å². The number of ether oxygens (including phenoxy) is 1. The third-order valence-electron chi connectivity index (χ3n) is 2.91. The summed E-state index contributed by atoms with van der Waals surface area (Å²) in [6.45, 7) is 1.70. The van der Waals surface area contributed by atoms with Crippen molar-refractivity contribution in [1.82, 2.24) is 0 Å². The zero-order valence-electron chi connectivity index (χ0n) is 11.2. The van der Waals surface area contributed by atoms with Crippen LogP contribution >= 0.6 is 23.2 Å². The van der Waals surface area contributed by atoms with Gasteiger partial charge in [-0.05, 0) is 30.7 Å². The minimum absolute atomic E-state index is 0.117. The second-order valence-corrected chi connectivity index (χ2v) is 5.11. The number of carboxylic acids is 1. The van der Waals surface area contributed by atoms with Gasteiger partial charge in [-0.1, -0.05) is 23.2 Å². The molecule has 2 aromatic rings. The van der Waals surface area contributed by atoms with E-state index in [1.54, 1.807) is 13.0 Å². The summed E-state index contributed by atoms with van der Waals surface area (Å²) in [7, 11) is 0. The molecule has 0 amide bonds. The van der Waals surface area contributed by atoms with E-state index in [9.17, 15) is 14.9 Å². The maximum Gasteiger partial charge on any atom is 0.342 e. The van der Waals surface area contributed by atoms with Gasteiger partial charge in [0, 0.05) is 17.2 Å². The lowest BCUT2D eigenvalue weighted by atomic mass is 10.1. The Morgan fingerprint density at radius 1 is 1.27 bits per heavy atom. The molecule has 0 fully saturated rings. The van der Waals surface area contributed by atoms with Gasteiger partial charge in [0.2, 0.25) is 0 Å². The lowest BCUT2D eigenvalue weighted by Crippen LogP contribution is -2.03. The van der Waals surface area contributed by atoms with Crippen molar-refractivity contribution in [2.24, 2.45) is 0 Å². The SMILES string of the molecule is Cc1c(Cl)ccc(Oc2ccc([N+](=O)[O-])c(C(=O)O)c2)c1Cl. The van der Waals surface area contributed by atoms with E-state index in [-0.39, 0.29) is 16.5 Å². The third-order valence-corrected chi connectivity index (χ3v) is 3.79. The first kappa shape index (κ1) is 16.1. The van der Waals surface area contributed by atoms with Crippen molar-refractivity contribution in [1.29, 1.82) is 0 Å². The van der Waals surface area contributed by atoms with Gasteiger partial charge in [-0.15, -0.1) is 0 Å². The molecule has 0 unspecified atom stereocenters. The molecule has 0 aliphatic heterocycles. The largest absolute Gasteiger partial charge is 0.477 e. The Kier molecular flexibility index (Phi) is 4.54. The fraction of sp³-hybridized carbons (Fsp3) is 0.0714. The normalized spacial score (nSPS) is 10.3. The standard InChI is InChI=1S/C14H9Cl2NO5/c1-7-10(15)3-5-12(13(7)16)22-8-2-4-11(17(20)21)9(6-8)14(18)19/h2-6H,1H3,(H,18,19). The van der Waals surface area contributed by atoms with Gasteiger partial charge in [0.25, 0.3) is 5.69 Å². The molecule has 0 radical (unpaired) electrons. The number of hydrogen-bond acceptors (Lipinski definition) is 4. The summed E-state index contributed by atoms with van der Waals surface area (Å²) in [6.07, 6.45) is 0. The van der Waals surface area contributed by atoms with Crippen molar-refractivity contribution >= 4 is 34.9 Å². The first-order valence-corrected chi connectivity index (χ1v) is 6.71. The number of carbonyl (C=O) groups is 1. The minimum atomic E-state index is -1.42. The molecule has 114 valence electrons. The zero-order chi connectivity index (χ0) is 16.4. The molecule has 6 nitrogen and oxygen atoms in total. The van der Waals surface area contributed by atoms with Gasteiger partial charge in [0.15, 0.2) is 0 Å². The Labute approximate surface area is 135 Å².